The number of nitrogens with one attached hydrogen (secondary N) is 3. The Hall–Kier alpha value is -2.08. The van der Waals surface area contributed by atoms with Crippen LogP contribution in [0.25, 0.3) is 0 Å². The van der Waals surface area contributed by atoms with Crippen LogP contribution in [0.15, 0.2) is 35.3 Å². The second kappa shape index (κ2) is 12.4. The molecule has 1 aromatic rings. The standard InChI is InChI=1S/C22H36N4O2/c1-2-23-21(26-18-22(14-17-27)12-7-4-8-13-22)25-16-9-15-24-20(28)19-10-5-3-6-11-19/h3,5-6,10-11,27H,2,4,7-9,12-18H2,1H3,(H,24,28)(H2,23,25,26). The van der Waals surface area contributed by atoms with Crippen LogP contribution in [0.1, 0.15) is 62.2 Å². The molecule has 6 heteroatoms. The summed E-state index contributed by atoms with van der Waals surface area (Å²) in [5.41, 5.74) is 0.839. The summed E-state index contributed by atoms with van der Waals surface area (Å²) >= 11 is 0. The van der Waals surface area contributed by atoms with Gasteiger partial charge in [-0.15, -0.1) is 0 Å². The molecule has 0 aromatic heterocycles. The Morgan fingerprint density at radius 3 is 2.46 bits per heavy atom. The average Bonchev–Trinajstić information content (AvgIpc) is 2.73. The highest BCUT2D eigenvalue weighted by molar-refractivity contribution is 5.94. The van der Waals surface area contributed by atoms with E-state index in [1.807, 2.05) is 30.3 Å². The molecule has 0 unspecified atom stereocenters. The first-order chi connectivity index (χ1) is 13.7. The molecule has 0 radical (unpaired) electrons. The van der Waals surface area contributed by atoms with Gasteiger partial charge < -0.3 is 21.1 Å². The second-order valence-electron chi connectivity index (χ2n) is 7.63. The zero-order valence-corrected chi connectivity index (χ0v) is 17.2. The summed E-state index contributed by atoms with van der Waals surface area (Å²) in [6.45, 7) is 5.22. The van der Waals surface area contributed by atoms with Gasteiger partial charge >= 0.3 is 0 Å². The molecule has 1 saturated carbocycles. The maximum atomic E-state index is 12.0. The summed E-state index contributed by atoms with van der Waals surface area (Å²) in [6.07, 6.45) is 7.74. The lowest BCUT2D eigenvalue weighted by Gasteiger charge is -2.35. The van der Waals surface area contributed by atoms with Crippen LogP contribution in [-0.2, 0) is 0 Å². The molecule has 28 heavy (non-hydrogen) atoms. The van der Waals surface area contributed by atoms with Gasteiger partial charge in [0.05, 0.1) is 0 Å². The lowest BCUT2D eigenvalue weighted by atomic mass is 9.72. The van der Waals surface area contributed by atoms with Gasteiger partial charge in [-0.25, -0.2) is 0 Å². The number of hydrogen-bond donors (Lipinski definition) is 4. The van der Waals surface area contributed by atoms with E-state index in [4.69, 9.17) is 4.99 Å². The molecule has 2 rings (SSSR count). The van der Waals surface area contributed by atoms with Crippen molar-refractivity contribution in [2.45, 2.75) is 51.9 Å². The molecule has 0 spiro atoms. The van der Waals surface area contributed by atoms with Crippen molar-refractivity contribution in [2.24, 2.45) is 10.4 Å². The van der Waals surface area contributed by atoms with E-state index in [0.717, 1.165) is 51.3 Å². The topological polar surface area (TPSA) is 85.8 Å². The average molecular weight is 389 g/mol. The second-order valence-corrected chi connectivity index (χ2v) is 7.63. The van der Waals surface area contributed by atoms with Gasteiger partial charge in [-0.2, -0.15) is 0 Å². The van der Waals surface area contributed by atoms with Crippen LogP contribution in [0.4, 0.5) is 0 Å². The number of amides is 1. The molecular formula is C22H36N4O2. The normalized spacial score (nSPS) is 16.4. The summed E-state index contributed by atoms with van der Waals surface area (Å²) in [7, 11) is 0. The number of guanidine groups is 1. The largest absolute Gasteiger partial charge is 0.396 e. The summed E-state index contributed by atoms with van der Waals surface area (Å²) in [5, 5.41) is 19.1. The highest BCUT2D eigenvalue weighted by Crippen LogP contribution is 2.39. The van der Waals surface area contributed by atoms with Crippen molar-refractivity contribution in [3.05, 3.63) is 35.9 Å². The number of carbonyl (C=O) groups is 1. The van der Waals surface area contributed by atoms with Crippen LogP contribution in [0.2, 0.25) is 0 Å². The van der Waals surface area contributed by atoms with Gasteiger partial charge in [-0.05, 0) is 50.2 Å². The number of carbonyl (C=O) groups excluding carboxylic acids is 1. The van der Waals surface area contributed by atoms with Gasteiger partial charge in [0.25, 0.3) is 5.91 Å². The fourth-order valence-electron chi connectivity index (χ4n) is 3.80. The van der Waals surface area contributed by atoms with Crippen LogP contribution in [0, 0.1) is 5.41 Å². The van der Waals surface area contributed by atoms with Crippen LogP contribution in [0.3, 0.4) is 0 Å². The minimum absolute atomic E-state index is 0.0376. The van der Waals surface area contributed by atoms with Crippen molar-refractivity contribution >= 4 is 11.9 Å². The molecule has 0 aliphatic heterocycles. The number of nitrogens with zero attached hydrogens (tertiary/aromatic N) is 1. The van der Waals surface area contributed by atoms with Gasteiger partial charge in [0.15, 0.2) is 5.96 Å². The van der Waals surface area contributed by atoms with E-state index in [1.54, 1.807) is 0 Å². The Kier molecular flexibility index (Phi) is 9.83. The molecule has 1 aliphatic rings. The highest BCUT2D eigenvalue weighted by atomic mass is 16.3. The van der Waals surface area contributed by atoms with Gasteiger partial charge in [0, 0.05) is 38.3 Å². The van der Waals surface area contributed by atoms with E-state index in [9.17, 15) is 9.90 Å². The first-order valence-corrected chi connectivity index (χ1v) is 10.7. The molecule has 156 valence electrons. The predicted octanol–water partition coefficient (Wildman–Crippen LogP) is 2.69. The van der Waals surface area contributed by atoms with Gasteiger partial charge in [0.2, 0.25) is 0 Å². The van der Waals surface area contributed by atoms with E-state index < -0.39 is 0 Å². The summed E-state index contributed by atoms with van der Waals surface area (Å²) < 4.78 is 0. The van der Waals surface area contributed by atoms with Crippen LogP contribution < -0.4 is 16.0 Å². The van der Waals surface area contributed by atoms with Gasteiger partial charge in [-0.1, -0.05) is 37.5 Å². The molecule has 0 heterocycles. The van der Waals surface area contributed by atoms with E-state index in [2.05, 4.69) is 22.9 Å². The molecule has 1 amide bonds. The number of rotatable bonds is 10. The molecule has 1 aliphatic carbocycles. The molecule has 0 atom stereocenters. The predicted molar refractivity (Wildman–Crippen MR) is 115 cm³/mol. The van der Waals surface area contributed by atoms with Crippen LogP contribution in [-0.4, -0.2) is 49.8 Å². The van der Waals surface area contributed by atoms with Gasteiger partial charge in [-0.3, -0.25) is 9.79 Å². The number of aliphatic hydroxyl groups excluding tert-OH is 1. The fraction of sp³-hybridized carbons (Fsp3) is 0.636. The van der Waals surface area contributed by atoms with Crippen LogP contribution in [0.5, 0.6) is 0 Å². The number of hydrogen-bond acceptors (Lipinski definition) is 3. The molecular weight excluding hydrogens is 352 g/mol. The van der Waals surface area contributed by atoms with Crippen molar-refractivity contribution in [3.63, 3.8) is 0 Å². The molecule has 0 bridgehead atoms. The molecule has 0 saturated heterocycles. The maximum Gasteiger partial charge on any atom is 0.251 e. The van der Waals surface area contributed by atoms with Crippen molar-refractivity contribution in [3.8, 4) is 0 Å². The zero-order valence-electron chi connectivity index (χ0n) is 17.2. The number of benzene rings is 1. The van der Waals surface area contributed by atoms with Crippen molar-refractivity contribution in [1.82, 2.24) is 16.0 Å². The van der Waals surface area contributed by atoms with Crippen molar-refractivity contribution in [2.75, 3.05) is 32.8 Å². The Morgan fingerprint density at radius 1 is 1.07 bits per heavy atom. The Morgan fingerprint density at radius 2 is 1.79 bits per heavy atom. The lowest BCUT2D eigenvalue weighted by Crippen LogP contribution is -2.40. The third-order valence-corrected chi connectivity index (χ3v) is 5.44. The number of aliphatic hydroxyl groups is 1. The minimum atomic E-state index is -0.0376. The third-order valence-electron chi connectivity index (χ3n) is 5.44. The Bertz CT molecular complexity index is 592. The molecule has 4 N–H and O–H groups in total. The first kappa shape index (κ1) is 22.2. The van der Waals surface area contributed by atoms with E-state index >= 15 is 0 Å². The lowest BCUT2D eigenvalue weighted by molar-refractivity contribution is 0.0953. The zero-order chi connectivity index (χ0) is 20.1. The van der Waals surface area contributed by atoms with E-state index in [-0.39, 0.29) is 17.9 Å². The van der Waals surface area contributed by atoms with E-state index in [0.29, 0.717) is 12.1 Å². The molecule has 1 aromatic carbocycles. The first-order valence-electron chi connectivity index (χ1n) is 10.7. The Balaban J connectivity index is 1.75. The fourth-order valence-corrected chi connectivity index (χ4v) is 3.80. The monoisotopic (exact) mass is 388 g/mol. The third kappa shape index (κ3) is 7.50. The summed E-state index contributed by atoms with van der Waals surface area (Å²) in [6, 6.07) is 9.27. The van der Waals surface area contributed by atoms with Crippen molar-refractivity contribution < 1.29 is 9.90 Å². The SMILES string of the molecule is CCNC(=NCC1(CCO)CCCCC1)NCCCNC(=O)c1ccccc1. The molecule has 6 nitrogen and oxygen atoms in total. The van der Waals surface area contributed by atoms with Gasteiger partial charge in [0.1, 0.15) is 0 Å². The summed E-state index contributed by atoms with van der Waals surface area (Å²) in [5.74, 6) is 0.782. The van der Waals surface area contributed by atoms with E-state index in [1.165, 1.54) is 19.3 Å². The van der Waals surface area contributed by atoms with Crippen molar-refractivity contribution in [1.29, 1.82) is 0 Å². The smallest absolute Gasteiger partial charge is 0.251 e. The van der Waals surface area contributed by atoms with Crippen LogP contribution >= 0.6 is 0 Å². The summed E-state index contributed by atoms with van der Waals surface area (Å²) in [4.78, 5) is 16.8. The highest BCUT2D eigenvalue weighted by Gasteiger charge is 2.31. The Labute approximate surface area is 169 Å². The maximum absolute atomic E-state index is 12.0. The quantitative estimate of drug-likeness (QED) is 0.282. The number of aliphatic imine (C=N–C) groups is 1. The minimum Gasteiger partial charge on any atom is -0.396 e. The molecule has 1 fully saturated rings.